The fourth-order valence-electron chi connectivity index (χ4n) is 1.95. The van der Waals surface area contributed by atoms with Crippen LogP contribution in [0.4, 0.5) is 0 Å². The number of rotatable bonds is 2. The molecule has 5 heteroatoms. The number of ketones is 1. The minimum Gasteiger partial charge on any atom is -0.339 e. The molecule has 1 N–H and O–H groups in total. The summed E-state index contributed by atoms with van der Waals surface area (Å²) >= 11 is 6.01. The number of hydrogen-bond acceptors (Lipinski definition) is 3. The minimum absolute atomic E-state index is 0.0529. The predicted octanol–water partition coefficient (Wildman–Crippen LogP) is 3.48. The van der Waals surface area contributed by atoms with Gasteiger partial charge in [0.1, 0.15) is 17.1 Å². The van der Waals surface area contributed by atoms with Gasteiger partial charge in [-0.25, -0.2) is 9.97 Å². The largest absolute Gasteiger partial charge is 0.339 e. The van der Waals surface area contributed by atoms with Crippen molar-refractivity contribution in [1.29, 1.82) is 0 Å². The molecule has 94 valence electrons. The van der Waals surface area contributed by atoms with Crippen LogP contribution < -0.4 is 0 Å². The zero-order valence-corrected chi connectivity index (χ0v) is 10.9. The second-order valence-electron chi connectivity index (χ2n) is 4.24. The summed E-state index contributed by atoms with van der Waals surface area (Å²) < 4.78 is 0. The summed E-state index contributed by atoms with van der Waals surface area (Å²) in [6.45, 7) is 1.55. The maximum Gasteiger partial charge on any atom is 0.159 e. The first-order valence-corrected chi connectivity index (χ1v) is 6.13. The van der Waals surface area contributed by atoms with Crippen molar-refractivity contribution < 1.29 is 4.79 Å². The third-order valence-corrected chi connectivity index (χ3v) is 3.28. The first-order valence-electron chi connectivity index (χ1n) is 5.76. The maximum absolute atomic E-state index is 11.2. The van der Waals surface area contributed by atoms with Gasteiger partial charge >= 0.3 is 0 Å². The number of H-pyrrole nitrogens is 1. The highest BCUT2D eigenvalue weighted by Crippen LogP contribution is 2.26. The van der Waals surface area contributed by atoms with Crippen molar-refractivity contribution in [1.82, 2.24) is 15.0 Å². The topological polar surface area (TPSA) is 58.6 Å². The molecule has 2 heterocycles. The fraction of sp³-hybridized carbons (Fsp3) is 0.0714. The highest BCUT2D eigenvalue weighted by Gasteiger charge is 2.08. The average molecular weight is 272 g/mol. The molecule has 0 unspecified atom stereocenters. The highest BCUT2D eigenvalue weighted by atomic mass is 35.5. The zero-order valence-electron chi connectivity index (χ0n) is 10.1. The lowest BCUT2D eigenvalue weighted by Gasteiger charge is -1.99. The molecule has 0 saturated heterocycles. The van der Waals surface area contributed by atoms with Crippen LogP contribution in [0.25, 0.3) is 22.3 Å². The number of nitrogens with zero attached hydrogens (tertiary/aromatic N) is 2. The Hall–Kier alpha value is -2.20. The van der Waals surface area contributed by atoms with Crippen LogP contribution in [0.5, 0.6) is 0 Å². The average Bonchev–Trinajstić information content (AvgIpc) is 2.84. The van der Waals surface area contributed by atoms with Crippen molar-refractivity contribution in [2.24, 2.45) is 0 Å². The van der Waals surface area contributed by atoms with E-state index < -0.39 is 0 Å². The first-order chi connectivity index (χ1) is 9.15. The second-order valence-corrected chi connectivity index (χ2v) is 4.60. The molecule has 0 aliphatic rings. The molecule has 3 rings (SSSR count). The Kier molecular flexibility index (Phi) is 2.80. The summed E-state index contributed by atoms with van der Waals surface area (Å²) in [6.07, 6.45) is 1.42. The SMILES string of the molecule is CC(=O)c1ccc(-c2cc3c(Cl)ncnc3[nH]2)cc1. The number of Topliss-reactive ketones (excluding diaryl/α,β-unsaturated/α-hetero) is 1. The molecule has 2 aromatic heterocycles. The number of aromatic nitrogens is 3. The number of benzene rings is 1. The zero-order chi connectivity index (χ0) is 13.4. The number of carbonyl (C=O) groups is 1. The van der Waals surface area contributed by atoms with Gasteiger partial charge in [-0.05, 0) is 18.6 Å². The summed E-state index contributed by atoms with van der Waals surface area (Å²) in [5.41, 5.74) is 3.26. The van der Waals surface area contributed by atoms with Crippen LogP contribution in [0, 0.1) is 0 Å². The van der Waals surface area contributed by atoms with E-state index in [9.17, 15) is 4.79 Å². The maximum atomic E-state index is 11.2. The van der Waals surface area contributed by atoms with E-state index in [4.69, 9.17) is 11.6 Å². The lowest BCUT2D eigenvalue weighted by molar-refractivity contribution is 0.101. The third kappa shape index (κ3) is 2.11. The predicted molar refractivity (Wildman–Crippen MR) is 74.3 cm³/mol. The molecule has 1 aromatic carbocycles. The van der Waals surface area contributed by atoms with Gasteiger partial charge < -0.3 is 4.98 Å². The van der Waals surface area contributed by atoms with E-state index in [-0.39, 0.29) is 5.78 Å². The van der Waals surface area contributed by atoms with E-state index in [0.29, 0.717) is 16.4 Å². The smallest absolute Gasteiger partial charge is 0.159 e. The molecule has 0 radical (unpaired) electrons. The number of nitrogens with one attached hydrogen (secondary N) is 1. The molecule has 0 amide bonds. The molecular formula is C14H10ClN3O. The van der Waals surface area contributed by atoms with Crippen LogP contribution in [-0.4, -0.2) is 20.7 Å². The van der Waals surface area contributed by atoms with Gasteiger partial charge in [-0.3, -0.25) is 4.79 Å². The fourth-order valence-corrected chi connectivity index (χ4v) is 2.14. The molecule has 0 aliphatic heterocycles. The molecule has 3 aromatic rings. The molecule has 19 heavy (non-hydrogen) atoms. The van der Waals surface area contributed by atoms with Crippen LogP contribution >= 0.6 is 11.6 Å². The first kappa shape index (κ1) is 11.9. The van der Waals surface area contributed by atoms with Crippen molar-refractivity contribution in [3.8, 4) is 11.3 Å². The van der Waals surface area contributed by atoms with Gasteiger partial charge in [0, 0.05) is 11.3 Å². The molecule has 0 aliphatic carbocycles. The lowest BCUT2D eigenvalue weighted by Crippen LogP contribution is -1.90. The number of fused-ring (bicyclic) bond motifs is 1. The number of carbonyl (C=O) groups excluding carboxylic acids is 1. The summed E-state index contributed by atoms with van der Waals surface area (Å²) in [4.78, 5) is 22.5. The van der Waals surface area contributed by atoms with Gasteiger partial charge in [0.05, 0.1) is 5.39 Å². The Labute approximate surface area is 114 Å². The molecule has 0 saturated carbocycles. The highest BCUT2D eigenvalue weighted by molar-refractivity contribution is 6.34. The number of hydrogen-bond donors (Lipinski definition) is 1. The summed E-state index contributed by atoms with van der Waals surface area (Å²) in [5, 5.41) is 1.21. The molecule has 4 nitrogen and oxygen atoms in total. The van der Waals surface area contributed by atoms with Crippen molar-refractivity contribution >= 4 is 28.4 Å². The van der Waals surface area contributed by atoms with Crippen LogP contribution in [0.15, 0.2) is 36.7 Å². The van der Waals surface area contributed by atoms with E-state index in [1.165, 1.54) is 6.33 Å². The van der Waals surface area contributed by atoms with Crippen LogP contribution in [0.1, 0.15) is 17.3 Å². The Morgan fingerprint density at radius 3 is 2.58 bits per heavy atom. The number of aromatic amines is 1. The molecule has 0 fully saturated rings. The van der Waals surface area contributed by atoms with Gasteiger partial charge in [0.2, 0.25) is 0 Å². The van der Waals surface area contributed by atoms with Crippen molar-refractivity contribution in [3.63, 3.8) is 0 Å². The molecule has 0 bridgehead atoms. The summed E-state index contributed by atoms with van der Waals surface area (Å²) in [6, 6.07) is 9.29. The van der Waals surface area contributed by atoms with Gasteiger partial charge in [0.15, 0.2) is 5.78 Å². The van der Waals surface area contributed by atoms with E-state index in [0.717, 1.165) is 16.6 Å². The van der Waals surface area contributed by atoms with E-state index in [1.807, 2.05) is 18.2 Å². The van der Waals surface area contributed by atoms with Crippen LogP contribution in [0.3, 0.4) is 0 Å². The van der Waals surface area contributed by atoms with Gasteiger partial charge in [0.25, 0.3) is 0 Å². The van der Waals surface area contributed by atoms with Gasteiger partial charge in [-0.2, -0.15) is 0 Å². The van der Waals surface area contributed by atoms with E-state index in [1.54, 1.807) is 19.1 Å². The third-order valence-electron chi connectivity index (χ3n) is 2.98. The number of halogens is 1. The van der Waals surface area contributed by atoms with Crippen molar-refractivity contribution in [3.05, 3.63) is 47.4 Å². The molecule has 0 spiro atoms. The standard InChI is InChI=1S/C14H10ClN3O/c1-8(19)9-2-4-10(5-3-9)12-6-11-13(15)16-7-17-14(11)18-12/h2-7H,1H3,(H,16,17,18). The normalized spacial score (nSPS) is 10.8. The Morgan fingerprint density at radius 1 is 1.21 bits per heavy atom. The lowest BCUT2D eigenvalue weighted by atomic mass is 10.1. The monoisotopic (exact) mass is 271 g/mol. The van der Waals surface area contributed by atoms with E-state index in [2.05, 4.69) is 15.0 Å². The molecule has 0 atom stereocenters. The summed E-state index contributed by atoms with van der Waals surface area (Å²) in [5.74, 6) is 0.0529. The van der Waals surface area contributed by atoms with E-state index >= 15 is 0 Å². The van der Waals surface area contributed by atoms with Crippen LogP contribution in [-0.2, 0) is 0 Å². The Morgan fingerprint density at radius 2 is 1.95 bits per heavy atom. The van der Waals surface area contributed by atoms with Gasteiger partial charge in [-0.15, -0.1) is 0 Å². The van der Waals surface area contributed by atoms with Crippen molar-refractivity contribution in [2.45, 2.75) is 6.92 Å². The second kappa shape index (κ2) is 4.48. The quantitative estimate of drug-likeness (QED) is 0.573. The van der Waals surface area contributed by atoms with Crippen molar-refractivity contribution in [2.75, 3.05) is 0 Å². The Bertz CT molecular complexity index is 762. The van der Waals surface area contributed by atoms with Gasteiger partial charge in [-0.1, -0.05) is 35.9 Å². The summed E-state index contributed by atoms with van der Waals surface area (Å²) in [7, 11) is 0. The minimum atomic E-state index is 0.0529. The Balaban J connectivity index is 2.09. The molecular weight excluding hydrogens is 262 g/mol. The van der Waals surface area contributed by atoms with Crippen LogP contribution in [0.2, 0.25) is 5.15 Å².